The van der Waals surface area contributed by atoms with E-state index in [-0.39, 0.29) is 5.82 Å². The van der Waals surface area contributed by atoms with Crippen LogP contribution < -0.4 is 0 Å². The van der Waals surface area contributed by atoms with Crippen LogP contribution in [0.2, 0.25) is 5.02 Å². The summed E-state index contributed by atoms with van der Waals surface area (Å²) >= 11 is 5.82. The van der Waals surface area contributed by atoms with Crippen molar-refractivity contribution in [1.82, 2.24) is 0 Å². The van der Waals surface area contributed by atoms with Crippen molar-refractivity contribution in [3.8, 4) is 0 Å². The molecular weight excluding hydrogens is 427 g/mol. The zero-order valence-corrected chi connectivity index (χ0v) is 20.3. The maximum atomic E-state index is 13.9. The Labute approximate surface area is 203 Å². The lowest BCUT2D eigenvalue weighted by molar-refractivity contribution is 0.245. The highest BCUT2D eigenvalue weighted by Gasteiger charge is 2.23. The number of rotatable bonds is 8. The van der Waals surface area contributed by atoms with Crippen molar-refractivity contribution in [2.75, 3.05) is 0 Å². The Balaban J connectivity index is 1.20. The summed E-state index contributed by atoms with van der Waals surface area (Å²) in [5.74, 6) is 2.12. The Hall–Kier alpha value is -2.38. The Morgan fingerprint density at radius 1 is 0.879 bits per heavy atom. The number of hydrogen-bond acceptors (Lipinski definition) is 0. The molecule has 33 heavy (non-hydrogen) atoms. The molecule has 0 bridgehead atoms. The van der Waals surface area contributed by atoms with Gasteiger partial charge in [-0.15, -0.1) is 0 Å². The van der Waals surface area contributed by atoms with E-state index in [0.29, 0.717) is 16.5 Å². The fourth-order valence-corrected chi connectivity index (χ4v) is 5.32. The van der Waals surface area contributed by atoms with Gasteiger partial charge in [-0.05, 0) is 65.8 Å². The summed E-state index contributed by atoms with van der Waals surface area (Å²) < 4.78 is 13.9. The summed E-state index contributed by atoms with van der Waals surface area (Å²) in [6.07, 6.45) is 13.0. The summed E-state index contributed by atoms with van der Waals surface area (Å²) in [5.41, 5.74) is 4.51. The minimum atomic E-state index is -0.292. The zero-order chi connectivity index (χ0) is 23.0. The third-order valence-electron chi connectivity index (χ3n) is 7.26. The van der Waals surface area contributed by atoms with Crippen molar-refractivity contribution in [3.05, 3.63) is 106 Å². The maximum absolute atomic E-state index is 13.9. The Bertz CT molecular complexity index is 1030. The third kappa shape index (κ3) is 7.05. The maximum Gasteiger partial charge on any atom is 0.131 e. The second-order valence-corrected chi connectivity index (χ2v) is 10.2. The van der Waals surface area contributed by atoms with E-state index in [4.69, 9.17) is 11.6 Å². The van der Waals surface area contributed by atoms with Crippen LogP contribution in [0.1, 0.15) is 73.6 Å². The normalized spacial score (nSPS) is 19.6. The summed E-state index contributed by atoms with van der Waals surface area (Å²) in [5, 5.41) is 0.421. The lowest BCUT2D eigenvalue weighted by Gasteiger charge is -2.30. The van der Waals surface area contributed by atoms with Crippen LogP contribution in [-0.2, 0) is 6.42 Å². The lowest BCUT2D eigenvalue weighted by atomic mass is 9.76. The highest BCUT2D eigenvalue weighted by Crippen LogP contribution is 2.37. The Morgan fingerprint density at radius 3 is 2.27 bits per heavy atom. The summed E-state index contributed by atoms with van der Waals surface area (Å²) in [4.78, 5) is 0. The molecule has 0 radical (unpaired) electrons. The molecule has 2 heteroatoms. The monoisotopic (exact) mass is 460 g/mol. The van der Waals surface area contributed by atoms with Crippen LogP contribution in [0.15, 0.2) is 72.8 Å². The zero-order valence-electron chi connectivity index (χ0n) is 19.5. The number of hydrogen-bond donors (Lipinski definition) is 0. The first kappa shape index (κ1) is 23.8. The van der Waals surface area contributed by atoms with Crippen LogP contribution in [0.3, 0.4) is 0 Å². The summed E-state index contributed by atoms with van der Waals surface area (Å²) in [6, 6.07) is 24.4. The Morgan fingerprint density at radius 2 is 1.58 bits per heavy atom. The van der Waals surface area contributed by atoms with Gasteiger partial charge < -0.3 is 0 Å². The van der Waals surface area contributed by atoms with Gasteiger partial charge in [-0.2, -0.15) is 0 Å². The van der Waals surface area contributed by atoms with Gasteiger partial charge in [-0.25, -0.2) is 4.39 Å². The third-order valence-corrected chi connectivity index (χ3v) is 7.50. The predicted octanol–water partition coefficient (Wildman–Crippen LogP) is 9.58. The van der Waals surface area contributed by atoms with Crippen molar-refractivity contribution in [2.24, 2.45) is 11.8 Å². The van der Waals surface area contributed by atoms with E-state index in [9.17, 15) is 4.39 Å². The minimum absolute atomic E-state index is 0.292. The number of halogens is 2. The molecule has 0 aliphatic heterocycles. The average molecular weight is 461 g/mol. The second-order valence-electron chi connectivity index (χ2n) is 9.71. The topological polar surface area (TPSA) is 0 Å². The van der Waals surface area contributed by atoms with Gasteiger partial charge >= 0.3 is 0 Å². The molecule has 0 nitrogen and oxygen atoms in total. The van der Waals surface area contributed by atoms with E-state index in [1.807, 2.05) is 6.08 Å². The minimum Gasteiger partial charge on any atom is -0.206 e. The first-order valence-corrected chi connectivity index (χ1v) is 12.7. The van der Waals surface area contributed by atoms with Gasteiger partial charge in [-0.3, -0.25) is 0 Å². The van der Waals surface area contributed by atoms with E-state index in [0.717, 1.165) is 23.8 Å². The molecule has 0 heterocycles. The Kier molecular flexibility index (Phi) is 8.40. The van der Waals surface area contributed by atoms with Crippen LogP contribution in [0.4, 0.5) is 4.39 Å². The molecule has 0 spiro atoms. The van der Waals surface area contributed by atoms with Gasteiger partial charge in [0, 0.05) is 10.6 Å². The van der Waals surface area contributed by atoms with Crippen LogP contribution in [0, 0.1) is 17.7 Å². The van der Waals surface area contributed by atoms with Gasteiger partial charge in [0.2, 0.25) is 0 Å². The van der Waals surface area contributed by atoms with Crippen molar-refractivity contribution >= 4 is 23.8 Å². The molecule has 1 saturated carbocycles. The predicted molar refractivity (Wildman–Crippen MR) is 140 cm³/mol. The largest absolute Gasteiger partial charge is 0.206 e. The average Bonchev–Trinajstić information content (AvgIpc) is 2.84. The van der Waals surface area contributed by atoms with Crippen molar-refractivity contribution < 1.29 is 4.39 Å². The van der Waals surface area contributed by atoms with Crippen molar-refractivity contribution in [2.45, 2.75) is 57.8 Å². The SMILES string of the molecule is CC(CC1CCC(CCc2ccc(/C=C/c3ccc(Cl)cc3F)cc2)CC1)c1ccccc1. The van der Waals surface area contributed by atoms with Gasteiger partial charge in [-0.1, -0.05) is 117 Å². The van der Waals surface area contributed by atoms with E-state index in [1.165, 1.54) is 55.7 Å². The highest BCUT2D eigenvalue weighted by molar-refractivity contribution is 6.30. The standard InChI is InChI=1S/C31H34ClF/c1-23(28-5-3-2-4-6-28)21-27-15-13-25(14-16-27)8-7-24-9-11-26(12-10-24)17-18-29-19-20-30(32)22-31(29)33/h2-6,9-12,17-20,22-23,25,27H,7-8,13-16,21H2,1H3/b18-17+. The van der Waals surface area contributed by atoms with Crippen molar-refractivity contribution in [3.63, 3.8) is 0 Å². The molecule has 1 unspecified atom stereocenters. The molecule has 1 atom stereocenters. The van der Waals surface area contributed by atoms with E-state index in [2.05, 4.69) is 61.5 Å². The molecule has 0 saturated heterocycles. The molecule has 1 fully saturated rings. The van der Waals surface area contributed by atoms with Crippen LogP contribution >= 0.6 is 11.6 Å². The van der Waals surface area contributed by atoms with Crippen molar-refractivity contribution in [1.29, 1.82) is 0 Å². The highest BCUT2D eigenvalue weighted by atomic mass is 35.5. The number of benzene rings is 3. The second kappa shape index (κ2) is 11.7. The van der Waals surface area contributed by atoms with Crippen LogP contribution in [0.25, 0.3) is 12.2 Å². The quantitative estimate of drug-likeness (QED) is 0.293. The molecular formula is C31H34ClF. The van der Waals surface area contributed by atoms with Gasteiger partial charge in [0.25, 0.3) is 0 Å². The van der Waals surface area contributed by atoms with Crippen LogP contribution in [-0.4, -0.2) is 0 Å². The number of aryl methyl sites for hydroxylation is 1. The summed E-state index contributed by atoms with van der Waals surface area (Å²) in [6.45, 7) is 2.38. The molecule has 4 rings (SSSR count). The first-order valence-electron chi connectivity index (χ1n) is 12.3. The fourth-order valence-electron chi connectivity index (χ4n) is 5.16. The fraction of sp³-hybridized carbons (Fsp3) is 0.355. The van der Waals surface area contributed by atoms with Crippen LogP contribution in [0.5, 0.6) is 0 Å². The molecule has 0 aromatic heterocycles. The first-order chi connectivity index (χ1) is 16.1. The molecule has 1 aliphatic rings. The lowest BCUT2D eigenvalue weighted by Crippen LogP contribution is -2.16. The molecule has 3 aromatic rings. The smallest absolute Gasteiger partial charge is 0.131 e. The van der Waals surface area contributed by atoms with E-state index in [1.54, 1.807) is 18.2 Å². The molecule has 3 aromatic carbocycles. The molecule has 1 aliphatic carbocycles. The van der Waals surface area contributed by atoms with Gasteiger partial charge in [0.05, 0.1) is 0 Å². The molecule has 172 valence electrons. The van der Waals surface area contributed by atoms with Gasteiger partial charge in [0.1, 0.15) is 5.82 Å². The van der Waals surface area contributed by atoms with E-state index < -0.39 is 0 Å². The molecule has 0 N–H and O–H groups in total. The van der Waals surface area contributed by atoms with Gasteiger partial charge in [0.15, 0.2) is 0 Å². The summed E-state index contributed by atoms with van der Waals surface area (Å²) in [7, 11) is 0. The van der Waals surface area contributed by atoms with E-state index >= 15 is 0 Å². The molecule has 0 amide bonds.